The summed E-state index contributed by atoms with van der Waals surface area (Å²) >= 11 is 3.39. The molecule has 28 heavy (non-hydrogen) atoms. The molecular formula is C23H20BrN3O. The normalized spacial score (nSPS) is 11.1. The number of benzene rings is 3. The summed E-state index contributed by atoms with van der Waals surface area (Å²) in [5.41, 5.74) is 5.16. The Hall–Kier alpha value is -2.92. The summed E-state index contributed by atoms with van der Waals surface area (Å²) in [4.78, 5) is 12.8. The van der Waals surface area contributed by atoms with Crippen LogP contribution in [0, 0.1) is 12.3 Å². The number of Topliss-reactive ketones (excluding diaryl/α,β-unsaturated/α-hetero) is 1. The van der Waals surface area contributed by atoms with Crippen molar-refractivity contribution >= 4 is 32.7 Å². The van der Waals surface area contributed by atoms with Crippen LogP contribution in [0.15, 0.2) is 77.3 Å². The van der Waals surface area contributed by atoms with E-state index in [1.165, 1.54) is 5.56 Å². The molecule has 0 saturated heterocycles. The number of rotatable bonds is 5. The fourth-order valence-corrected chi connectivity index (χ4v) is 3.63. The van der Waals surface area contributed by atoms with Gasteiger partial charge in [-0.25, -0.2) is 0 Å². The number of imidazole rings is 1. The van der Waals surface area contributed by atoms with Crippen LogP contribution in [0.3, 0.4) is 0 Å². The first kappa shape index (κ1) is 18.4. The Morgan fingerprint density at radius 3 is 2.14 bits per heavy atom. The summed E-state index contributed by atoms with van der Waals surface area (Å²) in [7, 11) is 0. The fourth-order valence-electron chi connectivity index (χ4n) is 3.36. The first-order valence-corrected chi connectivity index (χ1v) is 9.89. The number of hydrogen-bond donors (Lipinski definition) is 1. The van der Waals surface area contributed by atoms with Gasteiger partial charge in [0.25, 0.3) is 0 Å². The van der Waals surface area contributed by atoms with Crippen molar-refractivity contribution in [2.75, 3.05) is 0 Å². The summed E-state index contributed by atoms with van der Waals surface area (Å²) in [5, 5.41) is 8.72. The number of nitrogens with one attached hydrogen (secondary N) is 1. The van der Waals surface area contributed by atoms with E-state index in [9.17, 15) is 4.79 Å². The topological polar surface area (TPSA) is 50.8 Å². The van der Waals surface area contributed by atoms with Gasteiger partial charge in [-0.05, 0) is 36.8 Å². The highest BCUT2D eigenvalue weighted by Crippen LogP contribution is 2.17. The van der Waals surface area contributed by atoms with E-state index in [-0.39, 0.29) is 12.3 Å². The minimum absolute atomic E-state index is 0.00996. The van der Waals surface area contributed by atoms with Gasteiger partial charge < -0.3 is 9.13 Å². The molecule has 0 aliphatic rings. The Balaban J connectivity index is 1.73. The van der Waals surface area contributed by atoms with Crippen molar-refractivity contribution in [3.63, 3.8) is 0 Å². The maximum Gasteiger partial charge on any atom is 0.203 e. The average Bonchev–Trinajstić information content (AvgIpc) is 2.96. The quantitative estimate of drug-likeness (QED) is 0.446. The predicted octanol–water partition coefficient (Wildman–Crippen LogP) is 4.92. The first-order valence-electron chi connectivity index (χ1n) is 9.10. The molecule has 140 valence electrons. The van der Waals surface area contributed by atoms with Crippen molar-refractivity contribution in [3.8, 4) is 0 Å². The molecule has 5 heteroatoms. The molecule has 0 spiro atoms. The van der Waals surface area contributed by atoms with Gasteiger partial charge in [0, 0.05) is 10.0 Å². The maximum atomic E-state index is 12.8. The van der Waals surface area contributed by atoms with Crippen LogP contribution in [0.1, 0.15) is 21.5 Å². The standard InChI is InChI=1S/C23H20BrN3O/c1-16-6-8-17(9-7-16)14-26-20-4-2-3-5-21(20)27(23(26)25)15-22(28)18-10-12-19(24)13-11-18/h2-13,25H,14-15H2,1H3. The zero-order chi connectivity index (χ0) is 19.7. The molecule has 0 aliphatic heterocycles. The molecule has 0 atom stereocenters. The molecule has 4 nitrogen and oxygen atoms in total. The summed E-state index contributed by atoms with van der Waals surface area (Å²) in [6.45, 7) is 2.80. The molecule has 1 heterocycles. The lowest BCUT2D eigenvalue weighted by Crippen LogP contribution is -2.27. The van der Waals surface area contributed by atoms with Gasteiger partial charge in [0.05, 0.1) is 24.1 Å². The van der Waals surface area contributed by atoms with E-state index in [0.29, 0.717) is 17.7 Å². The van der Waals surface area contributed by atoms with E-state index in [1.54, 1.807) is 4.57 Å². The molecule has 4 rings (SSSR count). The molecule has 0 radical (unpaired) electrons. The van der Waals surface area contributed by atoms with Crippen LogP contribution in [-0.4, -0.2) is 14.9 Å². The Labute approximate surface area is 171 Å². The number of aryl methyl sites for hydroxylation is 1. The van der Waals surface area contributed by atoms with E-state index in [1.807, 2.05) is 53.1 Å². The second-order valence-corrected chi connectivity index (χ2v) is 7.82. The van der Waals surface area contributed by atoms with Crippen molar-refractivity contribution in [3.05, 3.63) is 99.6 Å². The number of hydrogen-bond acceptors (Lipinski definition) is 2. The lowest BCUT2D eigenvalue weighted by atomic mass is 10.1. The zero-order valence-electron chi connectivity index (χ0n) is 15.5. The molecule has 0 bridgehead atoms. The van der Waals surface area contributed by atoms with Crippen LogP contribution in [0.2, 0.25) is 0 Å². The SMILES string of the molecule is Cc1ccc(Cn2c(=N)n(CC(=O)c3ccc(Br)cc3)c3ccccc32)cc1. The number of halogens is 1. The van der Waals surface area contributed by atoms with E-state index >= 15 is 0 Å². The highest BCUT2D eigenvalue weighted by Gasteiger charge is 2.14. The number of ketones is 1. The first-order chi connectivity index (χ1) is 13.5. The second-order valence-electron chi connectivity index (χ2n) is 6.90. The molecule has 1 N–H and O–H groups in total. The van der Waals surface area contributed by atoms with Crippen molar-refractivity contribution in [2.45, 2.75) is 20.0 Å². The molecule has 0 saturated carbocycles. The minimum atomic E-state index is -0.00996. The van der Waals surface area contributed by atoms with Crippen LogP contribution in [0.4, 0.5) is 0 Å². The molecule has 1 aromatic heterocycles. The summed E-state index contributed by atoms with van der Waals surface area (Å²) in [6.07, 6.45) is 0. The number of para-hydroxylation sites is 2. The fraction of sp³-hybridized carbons (Fsp3) is 0.130. The lowest BCUT2D eigenvalue weighted by molar-refractivity contribution is 0.0971. The Morgan fingerprint density at radius 1 is 0.893 bits per heavy atom. The molecule has 3 aromatic carbocycles. The number of aromatic nitrogens is 2. The van der Waals surface area contributed by atoms with Crippen molar-refractivity contribution in [2.24, 2.45) is 0 Å². The summed E-state index contributed by atoms with van der Waals surface area (Å²) in [6, 6.07) is 23.5. The second kappa shape index (κ2) is 7.60. The number of fused-ring (bicyclic) bond motifs is 1. The van der Waals surface area contributed by atoms with Crippen LogP contribution in [0.5, 0.6) is 0 Å². The number of carbonyl (C=O) groups is 1. The number of nitrogens with zero attached hydrogens (tertiary/aromatic N) is 2. The van der Waals surface area contributed by atoms with Gasteiger partial charge in [0.2, 0.25) is 5.62 Å². The van der Waals surface area contributed by atoms with E-state index in [2.05, 4.69) is 47.1 Å². The molecule has 0 amide bonds. The van der Waals surface area contributed by atoms with Gasteiger partial charge in [0.1, 0.15) is 0 Å². The third kappa shape index (κ3) is 3.58. The molecule has 0 aliphatic carbocycles. The maximum absolute atomic E-state index is 12.8. The monoisotopic (exact) mass is 433 g/mol. The van der Waals surface area contributed by atoms with Gasteiger partial charge in [0.15, 0.2) is 5.78 Å². The largest absolute Gasteiger partial charge is 0.306 e. The molecule has 0 unspecified atom stereocenters. The van der Waals surface area contributed by atoms with Crippen molar-refractivity contribution < 1.29 is 4.79 Å². The Morgan fingerprint density at radius 2 is 1.50 bits per heavy atom. The highest BCUT2D eigenvalue weighted by atomic mass is 79.9. The molecule has 0 fully saturated rings. The summed E-state index contributed by atoms with van der Waals surface area (Å²) in [5.74, 6) is -0.00996. The van der Waals surface area contributed by atoms with Gasteiger partial charge >= 0.3 is 0 Å². The minimum Gasteiger partial charge on any atom is -0.306 e. The highest BCUT2D eigenvalue weighted by molar-refractivity contribution is 9.10. The van der Waals surface area contributed by atoms with E-state index in [0.717, 1.165) is 21.1 Å². The van der Waals surface area contributed by atoms with Crippen LogP contribution < -0.4 is 5.62 Å². The van der Waals surface area contributed by atoms with Gasteiger partial charge in [-0.2, -0.15) is 0 Å². The smallest absolute Gasteiger partial charge is 0.203 e. The van der Waals surface area contributed by atoms with Crippen molar-refractivity contribution in [1.29, 1.82) is 5.41 Å². The molecule has 4 aromatic rings. The van der Waals surface area contributed by atoms with Crippen LogP contribution in [-0.2, 0) is 13.1 Å². The third-order valence-corrected chi connectivity index (χ3v) is 5.43. The summed E-state index contributed by atoms with van der Waals surface area (Å²) < 4.78 is 4.68. The van der Waals surface area contributed by atoms with Crippen LogP contribution >= 0.6 is 15.9 Å². The third-order valence-electron chi connectivity index (χ3n) is 4.90. The molecular weight excluding hydrogens is 414 g/mol. The van der Waals surface area contributed by atoms with Crippen LogP contribution in [0.25, 0.3) is 11.0 Å². The number of carbonyl (C=O) groups excluding carboxylic acids is 1. The Bertz CT molecular complexity index is 1200. The van der Waals surface area contributed by atoms with Gasteiger partial charge in [-0.15, -0.1) is 0 Å². The zero-order valence-corrected chi connectivity index (χ0v) is 17.1. The van der Waals surface area contributed by atoms with Gasteiger partial charge in [-0.1, -0.05) is 70.0 Å². The van der Waals surface area contributed by atoms with Crippen molar-refractivity contribution in [1.82, 2.24) is 9.13 Å². The lowest BCUT2D eigenvalue weighted by Gasteiger charge is -2.06. The average molecular weight is 434 g/mol. The van der Waals surface area contributed by atoms with E-state index < -0.39 is 0 Å². The van der Waals surface area contributed by atoms with Gasteiger partial charge in [-0.3, -0.25) is 10.2 Å². The Kier molecular flexibility index (Phi) is 5.01. The van der Waals surface area contributed by atoms with E-state index in [4.69, 9.17) is 5.41 Å². The predicted molar refractivity (Wildman–Crippen MR) is 115 cm³/mol.